The number of anilines is 2. The molecule has 2 aliphatic heterocycles. The van der Waals surface area contributed by atoms with Crippen LogP contribution in [0.1, 0.15) is 40.9 Å². The highest BCUT2D eigenvalue weighted by atomic mass is 19.4. The van der Waals surface area contributed by atoms with E-state index in [0.717, 1.165) is 23.9 Å². The molecule has 1 amide bonds. The highest BCUT2D eigenvalue weighted by molar-refractivity contribution is 5.95. The maximum absolute atomic E-state index is 13.8. The normalized spacial score (nSPS) is 19.8. The molecule has 6 nitrogen and oxygen atoms in total. The number of carbonyl (C=O) groups is 1. The number of halogens is 3. The zero-order chi connectivity index (χ0) is 20.6. The van der Waals surface area contributed by atoms with Gasteiger partial charge >= 0.3 is 6.18 Å². The first-order chi connectivity index (χ1) is 13.9. The predicted octanol–water partition coefficient (Wildman–Crippen LogP) is 3.61. The second kappa shape index (κ2) is 7.62. The maximum Gasteiger partial charge on any atom is 0.434 e. The van der Waals surface area contributed by atoms with Crippen LogP contribution >= 0.6 is 0 Å². The number of nitrogens with zero attached hydrogens (tertiary/aromatic N) is 4. The summed E-state index contributed by atoms with van der Waals surface area (Å²) in [7, 11) is 0. The van der Waals surface area contributed by atoms with Gasteiger partial charge in [0.2, 0.25) is 5.95 Å². The van der Waals surface area contributed by atoms with Crippen LogP contribution < -0.4 is 4.90 Å². The first-order valence-electron chi connectivity index (χ1n) is 9.54. The second-order valence-electron chi connectivity index (χ2n) is 7.23. The van der Waals surface area contributed by atoms with Crippen molar-refractivity contribution >= 4 is 17.5 Å². The third-order valence-corrected chi connectivity index (χ3v) is 5.36. The lowest BCUT2D eigenvalue weighted by Crippen LogP contribution is -2.41. The van der Waals surface area contributed by atoms with E-state index in [0.29, 0.717) is 25.7 Å². The summed E-state index contributed by atoms with van der Waals surface area (Å²) in [4.78, 5) is 23.7. The van der Waals surface area contributed by atoms with Gasteiger partial charge in [0.25, 0.3) is 5.91 Å². The highest BCUT2D eigenvalue weighted by Crippen LogP contribution is 2.39. The van der Waals surface area contributed by atoms with Gasteiger partial charge in [0.05, 0.1) is 18.8 Å². The Hall–Kier alpha value is -2.68. The number of hydrogen-bond acceptors (Lipinski definition) is 5. The van der Waals surface area contributed by atoms with E-state index in [1.54, 1.807) is 4.90 Å². The molecule has 4 rings (SSSR count). The Bertz CT molecular complexity index is 913. The molecule has 1 saturated heterocycles. The van der Waals surface area contributed by atoms with Crippen molar-refractivity contribution in [1.29, 1.82) is 0 Å². The number of morpholine rings is 1. The van der Waals surface area contributed by atoms with Crippen molar-refractivity contribution in [3.63, 3.8) is 0 Å². The van der Waals surface area contributed by atoms with Gasteiger partial charge in [-0.1, -0.05) is 25.1 Å². The molecule has 1 aromatic heterocycles. The van der Waals surface area contributed by atoms with Gasteiger partial charge in [-0.25, -0.2) is 9.97 Å². The molecule has 2 aromatic rings. The van der Waals surface area contributed by atoms with Gasteiger partial charge in [0.15, 0.2) is 5.69 Å². The van der Waals surface area contributed by atoms with Crippen molar-refractivity contribution in [3.05, 3.63) is 47.3 Å². The Morgan fingerprint density at radius 1 is 1.17 bits per heavy atom. The van der Waals surface area contributed by atoms with E-state index in [-0.39, 0.29) is 19.0 Å². The van der Waals surface area contributed by atoms with E-state index in [1.165, 1.54) is 4.90 Å². The lowest BCUT2D eigenvalue weighted by molar-refractivity contribution is -0.141. The van der Waals surface area contributed by atoms with Gasteiger partial charge in [-0.05, 0) is 24.0 Å². The van der Waals surface area contributed by atoms with Crippen LogP contribution in [-0.4, -0.2) is 53.6 Å². The molecule has 0 spiro atoms. The highest BCUT2D eigenvalue weighted by Gasteiger charge is 2.40. The van der Waals surface area contributed by atoms with E-state index in [2.05, 4.69) is 16.9 Å². The van der Waals surface area contributed by atoms with Crippen molar-refractivity contribution < 1.29 is 22.7 Å². The fourth-order valence-corrected chi connectivity index (χ4v) is 3.77. The molecular weight excluding hydrogens is 385 g/mol. The molecule has 1 unspecified atom stereocenters. The minimum Gasteiger partial charge on any atom is -0.378 e. The van der Waals surface area contributed by atoms with E-state index < -0.39 is 23.3 Å². The van der Waals surface area contributed by atoms with Gasteiger partial charge in [-0.2, -0.15) is 13.2 Å². The molecule has 0 saturated carbocycles. The molecule has 3 heterocycles. The third kappa shape index (κ3) is 3.78. The number of amides is 1. The summed E-state index contributed by atoms with van der Waals surface area (Å²) in [5.74, 6) is -0.471. The summed E-state index contributed by atoms with van der Waals surface area (Å²) in [6.07, 6.45) is -2.99. The van der Waals surface area contributed by atoms with Crippen molar-refractivity contribution in [3.8, 4) is 0 Å². The van der Waals surface area contributed by atoms with Gasteiger partial charge in [-0.3, -0.25) is 4.79 Å². The Kier molecular flexibility index (Phi) is 5.16. The fourth-order valence-electron chi connectivity index (χ4n) is 3.77. The van der Waals surface area contributed by atoms with Crippen molar-refractivity contribution in [2.45, 2.75) is 25.4 Å². The number of benzene rings is 1. The van der Waals surface area contributed by atoms with Crippen molar-refractivity contribution in [2.75, 3.05) is 37.7 Å². The summed E-state index contributed by atoms with van der Waals surface area (Å²) in [6.45, 7) is 3.68. The standard InChI is InChI=1S/C20H21F3N4O2/c1-13-6-7-27(16-5-3-2-4-14(13)16)19-24-12-15(17(25-19)20(21,22)23)18(28)26-8-10-29-11-9-26/h2-5,12-13H,6-11H2,1H3. The minimum absolute atomic E-state index is 0.0461. The lowest BCUT2D eigenvalue weighted by Gasteiger charge is -2.33. The maximum atomic E-state index is 13.8. The van der Waals surface area contributed by atoms with Gasteiger partial charge < -0.3 is 14.5 Å². The van der Waals surface area contributed by atoms with Crippen LogP contribution in [0.4, 0.5) is 24.8 Å². The number of hydrogen-bond donors (Lipinski definition) is 0. The van der Waals surface area contributed by atoms with Gasteiger partial charge in [0, 0.05) is 31.5 Å². The first kappa shape index (κ1) is 19.6. The van der Waals surface area contributed by atoms with E-state index >= 15 is 0 Å². The van der Waals surface area contributed by atoms with E-state index in [4.69, 9.17) is 4.74 Å². The van der Waals surface area contributed by atoms with E-state index in [9.17, 15) is 18.0 Å². The molecule has 1 fully saturated rings. The summed E-state index contributed by atoms with van der Waals surface area (Å²) in [5.41, 5.74) is 0.118. The summed E-state index contributed by atoms with van der Waals surface area (Å²) in [6, 6.07) is 7.57. The van der Waals surface area contributed by atoms with Crippen molar-refractivity contribution in [2.24, 2.45) is 0 Å². The number of para-hydroxylation sites is 1. The zero-order valence-electron chi connectivity index (χ0n) is 15.9. The molecule has 0 bridgehead atoms. The number of fused-ring (bicyclic) bond motifs is 1. The van der Waals surface area contributed by atoms with Crippen LogP contribution in [0.15, 0.2) is 30.5 Å². The molecule has 1 aromatic carbocycles. The molecule has 0 radical (unpaired) electrons. The monoisotopic (exact) mass is 406 g/mol. The number of rotatable bonds is 2. The molecule has 29 heavy (non-hydrogen) atoms. The average Bonchev–Trinajstić information content (AvgIpc) is 2.73. The number of aromatic nitrogens is 2. The lowest BCUT2D eigenvalue weighted by atomic mass is 9.92. The fraction of sp³-hybridized carbons (Fsp3) is 0.450. The molecule has 154 valence electrons. The third-order valence-electron chi connectivity index (χ3n) is 5.36. The summed E-state index contributed by atoms with van der Waals surface area (Å²) < 4.78 is 46.5. The van der Waals surface area contributed by atoms with Crippen LogP contribution in [0, 0.1) is 0 Å². The Morgan fingerprint density at radius 2 is 1.90 bits per heavy atom. The summed E-state index contributed by atoms with van der Waals surface area (Å²) in [5, 5.41) is 0. The molecule has 1 atom stereocenters. The number of ether oxygens (including phenoxy) is 1. The molecular formula is C20H21F3N4O2. The van der Waals surface area contributed by atoms with Crippen LogP contribution in [0.25, 0.3) is 0 Å². The topological polar surface area (TPSA) is 58.6 Å². The molecule has 0 N–H and O–H groups in total. The Balaban J connectivity index is 1.74. The van der Waals surface area contributed by atoms with E-state index in [1.807, 2.05) is 24.3 Å². The van der Waals surface area contributed by atoms with Gasteiger partial charge in [0.1, 0.15) is 0 Å². The molecule has 2 aliphatic rings. The van der Waals surface area contributed by atoms with Crippen LogP contribution in [0.2, 0.25) is 0 Å². The van der Waals surface area contributed by atoms with Crippen LogP contribution in [0.5, 0.6) is 0 Å². The number of carbonyl (C=O) groups excluding carboxylic acids is 1. The SMILES string of the molecule is CC1CCN(c2ncc(C(=O)N3CCOCC3)c(C(F)(F)F)n2)c2ccccc21. The Labute approximate surface area is 166 Å². The average molecular weight is 406 g/mol. The summed E-state index contributed by atoms with van der Waals surface area (Å²) >= 11 is 0. The Morgan fingerprint density at radius 3 is 2.62 bits per heavy atom. The first-order valence-corrected chi connectivity index (χ1v) is 9.54. The van der Waals surface area contributed by atoms with Crippen LogP contribution in [0.3, 0.4) is 0 Å². The predicted molar refractivity (Wildman–Crippen MR) is 100 cm³/mol. The smallest absolute Gasteiger partial charge is 0.378 e. The molecule has 0 aliphatic carbocycles. The largest absolute Gasteiger partial charge is 0.434 e. The minimum atomic E-state index is -4.77. The van der Waals surface area contributed by atoms with Crippen molar-refractivity contribution in [1.82, 2.24) is 14.9 Å². The van der Waals surface area contributed by atoms with Crippen LogP contribution in [-0.2, 0) is 10.9 Å². The second-order valence-corrected chi connectivity index (χ2v) is 7.23. The molecule has 9 heteroatoms. The number of alkyl halides is 3. The van der Waals surface area contributed by atoms with Gasteiger partial charge in [-0.15, -0.1) is 0 Å². The zero-order valence-corrected chi connectivity index (χ0v) is 15.9. The quantitative estimate of drug-likeness (QED) is 0.763.